The lowest BCUT2D eigenvalue weighted by molar-refractivity contribution is -0.132. The van der Waals surface area contributed by atoms with Crippen LogP contribution >= 0.6 is 11.3 Å². The number of carbonyl (C=O) groups is 1. The number of rotatable bonds is 6. The van der Waals surface area contributed by atoms with E-state index in [0.29, 0.717) is 0 Å². The Labute approximate surface area is 189 Å². The van der Waals surface area contributed by atoms with Gasteiger partial charge in [-0.25, -0.2) is 4.79 Å². The Morgan fingerprint density at radius 2 is 1.84 bits per heavy atom. The van der Waals surface area contributed by atoms with Crippen molar-refractivity contribution in [1.29, 1.82) is 5.26 Å². The molecule has 0 saturated heterocycles. The number of pyridine rings is 1. The largest absolute Gasteiger partial charge is 0.497 e. The molecule has 1 aromatic carbocycles. The Bertz CT molecular complexity index is 1400. The maximum absolute atomic E-state index is 11.1. The molecule has 0 bridgehead atoms. The minimum atomic E-state index is -1.22. The van der Waals surface area contributed by atoms with Gasteiger partial charge in [-0.15, -0.1) is 11.3 Å². The zero-order valence-corrected chi connectivity index (χ0v) is 18.4. The third-order valence-electron chi connectivity index (χ3n) is 5.20. The number of carboxylic acids is 1. The number of hydrogen-bond acceptors (Lipinski definition) is 4. The van der Waals surface area contributed by atoms with Crippen molar-refractivity contribution in [1.82, 2.24) is 4.40 Å². The third kappa shape index (κ3) is 4.07. The second kappa shape index (κ2) is 8.96. The number of ether oxygens (including phenoxy) is 1. The summed E-state index contributed by atoms with van der Waals surface area (Å²) in [5.41, 5.74) is 5.33. The molecular formula is C26H20N2O3S. The van der Waals surface area contributed by atoms with Crippen molar-refractivity contribution < 1.29 is 14.6 Å². The fraction of sp³-hybridized carbons (Fsp3) is 0.0769. The van der Waals surface area contributed by atoms with Gasteiger partial charge in [0.1, 0.15) is 17.4 Å². The topological polar surface area (TPSA) is 74.7 Å². The van der Waals surface area contributed by atoms with E-state index in [4.69, 9.17) is 15.1 Å². The van der Waals surface area contributed by atoms with Crippen molar-refractivity contribution in [2.75, 3.05) is 7.11 Å². The average molecular weight is 441 g/mol. The minimum Gasteiger partial charge on any atom is -0.497 e. The number of aliphatic carboxylic acids is 1. The molecule has 1 N–H and O–H groups in total. The van der Waals surface area contributed by atoms with Gasteiger partial charge in [-0.3, -0.25) is 0 Å². The standard InChI is InChI=1S/C26H20N2O3S/c1-17-23-5-3-4-14-28(23)24(25(17)18-6-8-20(31-2)9-7-18)13-12-21-10-11-22(32-21)15-19(16-27)26(29)30/h3-15H,1-2H3,(H,29,30)/b13-12+,19-15+. The quantitative estimate of drug-likeness (QED) is 0.288. The Balaban J connectivity index is 1.77. The smallest absolute Gasteiger partial charge is 0.346 e. The number of fused-ring (bicyclic) bond motifs is 1. The van der Waals surface area contributed by atoms with E-state index in [9.17, 15) is 4.79 Å². The summed E-state index contributed by atoms with van der Waals surface area (Å²) >= 11 is 1.43. The van der Waals surface area contributed by atoms with Crippen LogP contribution < -0.4 is 4.74 Å². The molecule has 0 radical (unpaired) electrons. The molecule has 5 nitrogen and oxygen atoms in total. The second-order valence-corrected chi connectivity index (χ2v) is 8.26. The van der Waals surface area contributed by atoms with Gasteiger partial charge in [-0.2, -0.15) is 5.26 Å². The first kappa shape index (κ1) is 21.2. The number of aromatic nitrogens is 1. The van der Waals surface area contributed by atoms with E-state index >= 15 is 0 Å². The number of carboxylic acid groups (broad SMARTS) is 1. The van der Waals surface area contributed by atoms with Gasteiger partial charge in [0.25, 0.3) is 0 Å². The number of methoxy groups -OCH3 is 1. The van der Waals surface area contributed by atoms with E-state index in [-0.39, 0.29) is 5.57 Å². The molecule has 0 aliphatic heterocycles. The van der Waals surface area contributed by atoms with Crippen LogP contribution in [0.2, 0.25) is 0 Å². The van der Waals surface area contributed by atoms with Crippen LogP contribution in [-0.4, -0.2) is 22.6 Å². The summed E-state index contributed by atoms with van der Waals surface area (Å²) in [6.07, 6.45) is 7.52. The highest BCUT2D eigenvalue weighted by atomic mass is 32.1. The van der Waals surface area contributed by atoms with E-state index < -0.39 is 5.97 Å². The van der Waals surface area contributed by atoms with Crippen molar-refractivity contribution in [2.24, 2.45) is 0 Å². The van der Waals surface area contributed by atoms with Crippen LogP contribution in [0.1, 0.15) is 21.0 Å². The van der Waals surface area contributed by atoms with Crippen molar-refractivity contribution >= 4 is 41.1 Å². The van der Waals surface area contributed by atoms with Gasteiger partial charge < -0.3 is 14.2 Å². The molecule has 0 aliphatic rings. The van der Waals surface area contributed by atoms with Gasteiger partial charge in [-0.1, -0.05) is 18.2 Å². The number of thiophene rings is 1. The number of nitriles is 1. The molecule has 0 spiro atoms. The molecule has 158 valence electrons. The molecule has 4 rings (SSSR count). The van der Waals surface area contributed by atoms with Gasteiger partial charge in [0.2, 0.25) is 0 Å². The Morgan fingerprint density at radius 1 is 1.09 bits per heavy atom. The van der Waals surface area contributed by atoms with Gasteiger partial charge in [0.05, 0.1) is 12.8 Å². The second-order valence-electron chi connectivity index (χ2n) is 7.12. The lowest BCUT2D eigenvalue weighted by Gasteiger charge is -2.06. The summed E-state index contributed by atoms with van der Waals surface area (Å²) in [7, 11) is 1.65. The van der Waals surface area contributed by atoms with E-state index in [1.54, 1.807) is 13.2 Å². The molecular weight excluding hydrogens is 420 g/mol. The summed E-state index contributed by atoms with van der Waals surface area (Å²) in [6, 6.07) is 19.6. The lowest BCUT2D eigenvalue weighted by Crippen LogP contribution is -1.96. The molecule has 32 heavy (non-hydrogen) atoms. The highest BCUT2D eigenvalue weighted by Crippen LogP contribution is 2.35. The van der Waals surface area contributed by atoms with Crippen molar-refractivity contribution in [3.63, 3.8) is 0 Å². The zero-order valence-electron chi connectivity index (χ0n) is 17.6. The normalized spacial score (nSPS) is 11.7. The van der Waals surface area contributed by atoms with E-state index in [0.717, 1.165) is 37.8 Å². The zero-order chi connectivity index (χ0) is 22.7. The van der Waals surface area contributed by atoms with Gasteiger partial charge in [-0.05, 0) is 72.7 Å². The molecule has 6 heteroatoms. The lowest BCUT2D eigenvalue weighted by atomic mass is 10.0. The predicted octanol–water partition coefficient (Wildman–Crippen LogP) is 6.15. The van der Waals surface area contributed by atoms with E-state index in [1.807, 2.05) is 48.7 Å². The molecule has 0 saturated carbocycles. The van der Waals surface area contributed by atoms with Crippen LogP contribution in [0.5, 0.6) is 5.75 Å². The van der Waals surface area contributed by atoms with Crippen molar-refractivity contribution in [3.8, 4) is 22.9 Å². The highest BCUT2D eigenvalue weighted by molar-refractivity contribution is 7.13. The van der Waals surface area contributed by atoms with Gasteiger partial charge >= 0.3 is 5.97 Å². The van der Waals surface area contributed by atoms with Crippen molar-refractivity contribution in [2.45, 2.75) is 6.92 Å². The molecule has 0 amide bonds. The molecule has 0 fully saturated rings. The maximum atomic E-state index is 11.1. The molecule has 0 atom stereocenters. The fourth-order valence-electron chi connectivity index (χ4n) is 3.67. The third-order valence-corrected chi connectivity index (χ3v) is 6.20. The fourth-order valence-corrected chi connectivity index (χ4v) is 4.52. The Morgan fingerprint density at radius 3 is 2.53 bits per heavy atom. The summed E-state index contributed by atoms with van der Waals surface area (Å²) < 4.78 is 7.47. The summed E-state index contributed by atoms with van der Waals surface area (Å²) in [4.78, 5) is 12.8. The Hall–Kier alpha value is -4.08. The van der Waals surface area contributed by atoms with Crippen molar-refractivity contribution in [3.05, 3.63) is 87.4 Å². The highest BCUT2D eigenvalue weighted by Gasteiger charge is 2.15. The summed E-state index contributed by atoms with van der Waals surface area (Å²) in [6.45, 7) is 2.12. The molecule has 0 aliphatic carbocycles. The van der Waals surface area contributed by atoms with Crippen LogP contribution in [0.15, 0.2) is 66.4 Å². The molecule has 3 heterocycles. The monoisotopic (exact) mass is 440 g/mol. The maximum Gasteiger partial charge on any atom is 0.346 e. The van der Waals surface area contributed by atoms with Crippen LogP contribution in [0.4, 0.5) is 0 Å². The van der Waals surface area contributed by atoms with Crippen LogP contribution in [-0.2, 0) is 4.79 Å². The molecule has 3 aromatic heterocycles. The van der Waals surface area contributed by atoms with Crippen LogP contribution in [0.25, 0.3) is 34.9 Å². The van der Waals surface area contributed by atoms with Gasteiger partial charge in [0, 0.05) is 27.0 Å². The first-order chi connectivity index (χ1) is 15.5. The summed E-state index contributed by atoms with van der Waals surface area (Å²) in [5.74, 6) is -0.415. The van der Waals surface area contributed by atoms with E-state index in [1.165, 1.54) is 23.0 Å². The first-order valence-corrected chi connectivity index (χ1v) is 10.7. The number of benzene rings is 1. The first-order valence-electron chi connectivity index (χ1n) is 9.89. The molecule has 4 aromatic rings. The minimum absolute atomic E-state index is 0.280. The number of hydrogen-bond donors (Lipinski definition) is 1. The predicted molar refractivity (Wildman–Crippen MR) is 129 cm³/mol. The Kier molecular flexibility index (Phi) is 5.93. The number of nitrogens with zero attached hydrogens (tertiary/aromatic N) is 2. The average Bonchev–Trinajstić information content (AvgIpc) is 3.38. The number of aryl methyl sites for hydroxylation is 1. The van der Waals surface area contributed by atoms with Gasteiger partial charge in [0.15, 0.2) is 0 Å². The SMILES string of the molecule is COc1ccc(-c2c(C)c3ccccn3c2/C=C/c2ccc(/C=C(\C#N)C(=O)O)s2)cc1. The van der Waals surface area contributed by atoms with Crippen LogP contribution in [0, 0.1) is 18.3 Å². The summed E-state index contributed by atoms with van der Waals surface area (Å²) in [5, 5.41) is 18.0. The van der Waals surface area contributed by atoms with E-state index in [2.05, 4.69) is 35.6 Å². The molecule has 0 unspecified atom stereocenters. The van der Waals surface area contributed by atoms with Crippen LogP contribution in [0.3, 0.4) is 0 Å².